The minimum Gasteiger partial charge on any atom is -0.350 e. The van der Waals surface area contributed by atoms with Crippen molar-refractivity contribution >= 4 is 17.2 Å². The smallest absolute Gasteiger partial charge is 0.254 e. The predicted octanol–water partition coefficient (Wildman–Crippen LogP) is 2.05. The molecular formula is C15H20N4OS. The molecule has 0 aromatic carbocycles. The van der Waals surface area contributed by atoms with Crippen molar-refractivity contribution in [3.8, 4) is 0 Å². The normalized spacial score (nSPS) is 17.0. The van der Waals surface area contributed by atoms with Crippen molar-refractivity contribution in [3.63, 3.8) is 0 Å². The minimum absolute atomic E-state index is 0.0520. The Balaban J connectivity index is 1.66. The Labute approximate surface area is 128 Å². The number of thiophene rings is 1. The topological polar surface area (TPSA) is 50.2 Å². The largest absolute Gasteiger partial charge is 0.350 e. The van der Waals surface area contributed by atoms with Crippen molar-refractivity contribution in [2.24, 2.45) is 7.05 Å². The number of hydrogen-bond donors (Lipinski definition) is 1. The molecule has 0 spiro atoms. The van der Waals surface area contributed by atoms with Gasteiger partial charge in [0.15, 0.2) is 0 Å². The molecule has 1 N–H and O–H groups in total. The summed E-state index contributed by atoms with van der Waals surface area (Å²) in [5, 5.41) is 9.19. The second-order valence-corrected chi connectivity index (χ2v) is 6.37. The van der Waals surface area contributed by atoms with Gasteiger partial charge in [-0.3, -0.25) is 14.4 Å². The lowest BCUT2D eigenvalue weighted by Crippen LogP contribution is -2.36. The zero-order valence-electron chi connectivity index (χ0n) is 12.2. The van der Waals surface area contributed by atoms with Crippen LogP contribution in [0.4, 0.5) is 0 Å². The number of nitrogens with zero attached hydrogens (tertiary/aromatic N) is 3. The van der Waals surface area contributed by atoms with E-state index in [1.54, 1.807) is 28.4 Å². The second kappa shape index (κ2) is 6.41. The Hall–Kier alpha value is -1.66. The van der Waals surface area contributed by atoms with Gasteiger partial charge in [-0.15, -0.1) is 11.3 Å². The fraction of sp³-hybridized carbons (Fsp3) is 0.467. The monoisotopic (exact) mass is 304 g/mol. The second-order valence-electron chi connectivity index (χ2n) is 5.39. The van der Waals surface area contributed by atoms with Gasteiger partial charge in [0.25, 0.3) is 5.91 Å². The van der Waals surface area contributed by atoms with Gasteiger partial charge in [-0.1, -0.05) is 6.07 Å². The molecule has 1 amide bonds. The number of amides is 1. The van der Waals surface area contributed by atoms with Crippen LogP contribution in [-0.4, -0.2) is 40.2 Å². The molecule has 3 heterocycles. The summed E-state index contributed by atoms with van der Waals surface area (Å²) in [5.41, 5.74) is 0.615. The van der Waals surface area contributed by atoms with Crippen LogP contribution in [0.15, 0.2) is 29.9 Å². The maximum Gasteiger partial charge on any atom is 0.254 e. The number of carbonyl (C=O) groups excluding carboxylic acids is 1. The van der Waals surface area contributed by atoms with E-state index in [2.05, 4.69) is 32.8 Å². The Morgan fingerprint density at radius 2 is 2.29 bits per heavy atom. The van der Waals surface area contributed by atoms with Gasteiger partial charge in [-0.05, 0) is 37.4 Å². The molecule has 0 aliphatic carbocycles. The first kappa shape index (κ1) is 14.3. The van der Waals surface area contributed by atoms with Crippen LogP contribution in [0.25, 0.3) is 0 Å². The molecule has 0 radical (unpaired) electrons. The predicted molar refractivity (Wildman–Crippen MR) is 83.4 cm³/mol. The van der Waals surface area contributed by atoms with Crippen LogP contribution in [0.3, 0.4) is 0 Å². The highest BCUT2D eigenvalue weighted by molar-refractivity contribution is 7.10. The van der Waals surface area contributed by atoms with Gasteiger partial charge in [-0.2, -0.15) is 5.10 Å². The van der Waals surface area contributed by atoms with Crippen LogP contribution in [-0.2, 0) is 7.05 Å². The molecule has 0 unspecified atom stereocenters. The summed E-state index contributed by atoms with van der Waals surface area (Å²) in [7, 11) is 1.81. The van der Waals surface area contributed by atoms with Gasteiger partial charge in [-0.25, -0.2) is 0 Å². The summed E-state index contributed by atoms with van der Waals surface area (Å²) >= 11 is 1.76. The summed E-state index contributed by atoms with van der Waals surface area (Å²) in [4.78, 5) is 16.0. The fourth-order valence-electron chi connectivity index (χ4n) is 2.77. The van der Waals surface area contributed by atoms with E-state index in [9.17, 15) is 4.79 Å². The van der Waals surface area contributed by atoms with E-state index < -0.39 is 0 Å². The maximum atomic E-state index is 12.2. The van der Waals surface area contributed by atoms with E-state index in [-0.39, 0.29) is 11.9 Å². The molecule has 1 saturated heterocycles. The third-order valence-corrected chi connectivity index (χ3v) is 4.85. The highest BCUT2D eigenvalue weighted by Gasteiger charge is 2.24. The van der Waals surface area contributed by atoms with Crippen molar-refractivity contribution in [2.75, 3.05) is 19.6 Å². The van der Waals surface area contributed by atoms with Crippen molar-refractivity contribution in [3.05, 3.63) is 40.3 Å². The number of carbonyl (C=O) groups is 1. The molecule has 0 bridgehead atoms. The van der Waals surface area contributed by atoms with Crippen LogP contribution in [0, 0.1) is 0 Å². The summed E-state index contributed by atoms with van der Waals surface area (Å²) in [6, 6.07) is 4.52. The van der Waals surface area contributed by atoms with Crippen molar-refractivity contribution < 1.29 is 4.79 Å². The molecule has 1 aliphatic rings. The maximum absolute atomic E-state index is 12.2. The number of nitrogens with one attached hydrogen (secondary N) is 1. The Bertz CT molecular complexity index is 587. The number of aromatic nitrogens is 2. The lowest BCUT2D eigenvalue weighted by atomic mass is 10.2. The molecule has 1 fully saturated rings. The van der Waals surface area contributed by atoms with E-state index in [0.29, 0.717) is 12.1 Å². The first-order valence-electron chi connectivity index (χ1n) is 7.28. The van der Waals surface area contributed by atoms with E-state index >= 15 is 0 Å². The average molecular weight is 304 g/mol. The Morgan fingerprint density at radius 1 is 1.48 bits per heavy atom. The molecule has 3 rings (SSSR count). The Morgan fingerprint density at radius 3 is 2.90 bits per heavy atom. The summed E-state index contributed by atoms with van der Waals surface area (Å²) in [6.07, 6.45) is 5.84. The lowest BCUT2D eigenvalue weighted by Gasteiger charge is -2.26. The number of rotatable bonds is 5. The molecule has 2 aromatic heterocycles. The van der Waals surface area contributed by atoms with Crippen LogP contribution in [0.2, 0.25) is 0 Å². The van der Waals surface area contributed by atoms with Crippen LogP contribution in [0.5, 0.6) is 0 Å². The summed E-state index contributed by atoms with van der Waals surface area (Å²) in [5.74, 6) is -0.0520. The average Bonchev–Trinajstić information content (AvgIpc) is 3.21. The van der Waals surface area contributed by atoms with Gasteiger partial charge in [0.2, 0.25) is 0 Å². The first-order chi connectivity index (χ1) is 10.2. The van der Waals surface area contributed by atoms with E-state index in [0.717, 1.165) is 13.1 Å². The Kier molecular flexibility index (Phi) is 4.36. The van der Waals surface area contributed by atoms with Crippen molar-refractivity contribution in [1.29, 1.82) is 0 Å². The lowest BCUT2D eigenvalue weighted by molar-refractivity contribution is 0.0938. The molecule has 2 aromatic rings. The molecule has 5 nitrogen and oxygen atoms in total. The highest BCUT2D eigenvalue weighted by atomic mass is 32.1. The first-order valence-corrected chi connectivity index (χ1v) is 8.16. The van der Waals surface area contributed by atoms with Gasteiger partial charge in [0.1, 0.15) is 0 Å². The van der Waals surface area contributed by atoms with Gasteiger partial charge < -0.3 is 5.32 Å². The third kappa shape index (κ3) is 3.33. The third-order valence-electron chi connectivity index (χ3n) is 3.88. The molecule has 6 heteroatoms. The molecular weight excluding hydrogens is 284 g/mol. The van der Waals surface area contributed by atoms with Gasteiger partial charge in [0, 0.05) is 24.7 Å². The van der Waals surface area contributed by atoms with Crippen molar-refractivity contribution in [1.82, 2.24) is 20.0 Å². The van der Waals surface area contributed by atoms with Crippen LogP contribution >= 0.6 is 11.3 Å². The number of likely N-dealkylation sites (tertiary alicyclic amines) is 1. The van der Waals surface area contributed by atoms with Crippen LogP contribution in [0.1, 0.15) is 34.1 Å². The van der Waals surface area contributed by atoms with E-state index in [1.165, 1.54) is 17.7 Å². The zero-order chi connectivity index (χ0) is 14.7. The molecule has 1 aliphatic heterocycles. The fourth-order valence-corrected chi connectivity index (χ4v) is 3.63. The molecule has 0 saturated carbocycles. The zero-order valence-corrected chi connectivity index (χ0v) is 13.0. The summed E-state index contributed by atoms with van der Waals surface area (Å²) in [6.45, 7) is 2.88. The quantitative estimate of drug-likeness (QED) is 0.920. The van der Waals surface area contributed by atoms with E-state index in [1.807, 2.05) is 7.05 Å². The number of aryl methyl sites for hydroxylation is 1. The SMILES string of the molecule is Cn1cc(C(=O)NC[C@H](c2cccs2)N2CCCC2)cn1. The molecule has 112 valence electrons. The van der Waals surface area contributed by atoms with Crippen LogP contribution < -0.4 is 5.32 Å². The van der Waals surface area contributed by atoms with E-state index in [4.69, 9.17) is 0 Å². The number of hydrogen-bond acceptors (Lipinski definition) is 4. The van der Waals surface area contributed by atoms with Crippen molar-refractivity contribution in [2.45, 2.75) is 18.9 Å². The standard InChI is InChI=1S/C15H20N4OS/c1-18-11-12(9-17-18)15(20)16-10-13(14-5-4-8-21-14)19-6-2-3-7-19/h4-5,8-9,11,13H,2-3,6-7,10H2,1H3,(H,16,20)/t13-/m1/s1. The minimum atomic E-state index is -0.0520. The highest BCUT2D eigenvalue weighted by Crippen LogP contribution is 2.27. The molecule has 21 heavy (non-hydrogen) atoms. The molecule has 1 atom stereocenters. The van der Waals surface area contributed by atoms with Gasteiger partial charge >= 0.3 is 0 Å². The van der Waals surface area contributed by atoms with Gasteiger partial charge in [0.05, 0.1) is 17.8 Å². The summed E-state index contributed by atoms with van der Waals surface area (Å²) < 4.78 is 1.64.